The van der Waals surface area contributed by atoms with E-state index in [9.17, 15) is 14.4 Å². The predicted octanol–water partition coefficient (Wildman–Crippen LogP) is 1.81. The van der Waals surface area contributed by atoms with Gasteiger partial charge in [-0.25, -0.2) is 4.79 Å². The highest BCUT2D eigenvalue weighted by Crippen LogP contribution is 2.13. The first-order chi connectivity index (χ1) is 10.4. The molecule has 0 aromatic heterocycles. The lowest BCUT2D eigenvalue weighted by Gasteiger charge is -2.22. The van der Waals surface area contributed by atoms with Crippen molar-refractivity contribution in [2.45, 2.75) is 19.4 Å². The Kier molecular flexibility index (Phi) is 6.85. The predicted molar refractivity (Wildman–Crippen MR) is 80.5 cm³/mol. The molecule has 0 unspecified atom stereocenters. The summed E-state index contributed by atoms with van der Waals surface area (Å²) >= 11 is 5.76. The van der Waals surface area contributed by atoms with Gasteiger partial charge in [0.1, 0.15) is 6.04 Å². The second kappa shape index (κ2) is 8.38. The summed E-state index contributed by atoms with van der Waals surface area (Å²) in [4.78, 5) is 35.3. The van der Waals surface area contributed by atoms with Gasteiger partial charge in [0.05, 0.1) is 20.6 Å². The van der Waals surface area contributed by atoms with Crippen molar-refractivity contribution in [1.82, 2.24) is 5.32 Å². The van der Waals surface area contributed by atoms with E-state index in [0.717, 1.165) is 0 Å². The molecule has 0 aliphatic carbocycles. The van der Waals surface area contributed by atoms with E-state index in [1.165, 1.54) is 26.4 Å². The van der Waals surface area contributed by atoms with Gasteiger partial charge in [-0.15, -0.1) is 0 Å². The zero-order chi connectivity index (χ0) is 16.7. The van der Waals surface area contributed by atoms with Crippen LogP contribution in [0.1, 0.15) is 23.7 Å². The van der Waals surface area contributed by atoms with Crippen molar-refractivity contribution in [2.75, 3.05) is 14.2 Å². The molecule has 120 valence electrons. The Labute approximate surface area is 133 Å². The number of amides is 1. The molecule has 0 heterocycles. The molecule has 1 N–H and O–H groups in total. The monoisotopic (exact) mass is 327 g/mol. The van der Waals surface area contributed by atoms with Gasteiger partial charge in [0.25, 0.3) is 5.91 Å². The summed E-state index contributed by atoms with van der Waals surface area (Å²) in [5.74, 6) is -2.03. The molecule has 0 spiro atoms. The number of carbonyl (C=O) groups excluding carboxylic acids is 3. The largest absolute Gasteiger partial charge is 0.469 e. The molecule has 0 saturated carbocycles. The van der Waals surface area contributed by atoms with Crippen LogP contribution in [0.25, 0.3) is 0 Å². The van der Waals surface area contributed by atoms with E-state index in [4.69, 9.17) is 11.6 Å². The van der Waals surface area contributed by atoms with Crippen LogP contribution < -0.4 is 5.32 Å². The van der Waals surface area contributed by atoms with Gasteiger partial charge in [0.15, 0.2) is 0 Å². The molecular formula is C15H18ClNO5. The molecule has 1 amide bonds. The summed E-state index contributed by atoms with van der Waals surface area (Å²) in [6.45, 7) is 1.65. The van der Waals surface area contributed by atoms with Gasteiger partial charge in [-0.05, 0) is 30.2 Å². The average molecular weight is 328 g/mol. The summed E-state index contributed by atoms with van der Waals surface area (Å²) in [5.41, 5.74) is 0.351. The third-order valence-electron chi connectivity index (χ3n) is 3.13. The first kappa shape index (κ1) is 18.0. The van der Waals surface area contributed by atoms with E-state index in [0.29, 0.717) is 10.6 Å². The van der Waals surface area contributed by atoms with Crippen LogP contribution in [-0.4, -0.2) is 38.1 Å². The molecule has 0 aliphatic rings. The minimum Gasteiger partial charge on any atom is -0.469 e. The van der Waals surface area contributed by atoms with Crippen LogP contribution in [0, 0.1) is 5.92 Å². The lowest BCUT2D eigenvalue weighted by atomic mass is 9.98. The maximum Gasteiger partial charge on any atom is 0.328 e. The third kappa shape index (κ3) is 5.04. The number of halogens is 1. The Balaban J connectivity index is 2.84. The Morgan fingerprint density at radius 1 is 1.14 bits per heavy atom. The molecule has 7 heteroatoms. The number of nitrogens with one attached hydrogen (secondary N) is 1. The molecule has 0 fully saturated rings. The SMILES string of the molecule is COC(=O)C[C@@H](C)[C@@H](NC(=O)c1ccc(Cl)cc1)C(=O)OC. The third-order valence-corrected chi connectivity index (χ3v) is 3.39. The topological polar surface area (TPSA) is 81.7 Å². The second-order valence-electron chi connectivity index (χ2n) is 4.74. The Bertz CT molecular complexity index is 543. The fourth-order valence-corrected chi connectivity index (χ4v) is 1.98. The van der Waals surface area contributed by atoms with Crippen LogP contribution in [-0.2, 0) is 19.1 Å². The van der Waals surface area contributed by atoms with Crippen molar-refractivity contribution < 1.29 is 23.9 Å². The molecule has 0 bridgehead atoms. The van der Waals surface area contributed by atoms with E-state index >= 15 is 0 Å². The van der Waals surface area contributed by atoms with Crippen molar-refractivity contribution in [3.05, 3.63) is 34.9 Å². The van der Waals surface area contributed by atoms with Gasteiger partial charge < -0.3 is 14.8 Å². The standard InChI is InChI=1S/C15H18ClNO5/c1-9(8-12(18)21-2)13(15(20)22-3)17-14(19)10-4-6-11(16)7-5-10/h4-7,9,13H,8H2,1-3H3,(H,17,19)/t9-,13-/m1/s1. The molecule has 1 aromatic rings. The Hall–Kier alpha value is -2.08. The highest BCUT2D eigenvalue weighted by Gasteiger charge is 2.29. The van der Waals surface area contributed by atoms with Crippen molar-refractivity contribution in [3.63, 3.8) is 0 Å². The zero-order valence-electron chi connectivity index (χ0n) is 12.6. The molecule has 1 rings (SSSR count). The van der Waals surface area contributed by atoms with Crippen LogP contribution >= 0.6 is 11.6 Å². The number of hydrogen-bond acceptors (Lipinski definition) is 5. The number of esters is 2. The van der Waals surface area contributed by atoms with E-state index in [-0.39, 0.29) is 6.42 Å². The van der Waals surface area contributed by atoms with Crippen molar-refractivity contribution >= 4 is 29.4 Å². The number of methoxy groups -OCH3 is 2. The highest BCUT2D eigenvalue weighted by atomic mass is 35.5. The minimum absolute atomic E-state index is 0.0167. The highest BCUT2D eigenvalue weighted by molar-refractivity contribution is 6.30. The summed E-state index contributed by atoms with van der Waals surface area (Å²) in [6, 6.07) is 5.27. The van der Waals surface area contributed by atoms with Crippen molar-refractivity contribution in [3.8, 4) is 0 Å². The first-order valence-corrected chi connectivity index (χ1v) is 6.98. The summed E-state index contributed by atoms with van der Waals surface area (Å²) < 4.78 is 9.25. The summed E-state index contributed by atoms with van der Waals surface area (Å²) in [6.07, 6.45) is -0.0167. The van der Waals surface area contributed by atoms with Crippen LogP contribution in [0.2, 0.25) is 5.02 Å². The lowest BCUT2D eigenvalue weighted by molar-refractivity contribution is -0.146. The smallest absolute Gasteiger partial charge is 0.328 e. The molecule has 22 heavy (non-hydrogen) atoms. The van der Waals surface area contributed by atoms with Gasteiger partial charge >= 0.3 is 11.9 Å². The molecule has 1 aromatic carbocycles. The summed E-state index contributed by atoms with van der Waals surface area (Å²) in [7, 11) is 2.48. The summed E-state index contributed by atoms with van der Waals surface area (Å²) in [5, 5.41) is 3.07. The van der Waals surface area contributed by atoms with Gasteiger partial charge in [-0.2, -0.15) is 0 Å². The van der Waals surface area contributed by atoms with Gasteiger partial charge in [0, 0.05) is 10.6 Å². The van der Waals surface area contributed by atoms with Gasteiger partial charge in [-0.1, -0.05) is 18.5 Å². The Morgan fingerprint density at radius 2 is 1.73 bits per heavy atom. The van der Waals surface area contributed by atoms with E-state index < -0.39 is 29.8 Å². The van der Waals surface area contributed by atoms with E-state index in [1.807, 2.05) is 0 Å². The van der Waals surface area contributed by atoms with Crippen LogP contribution in [0.15, 0.2) is 24.3 Å². The quantitative estimate of drug-likeness (QED) is 0.806. The number of ether oxygens (including phenoxy) is 2. The van der Waals surface area contributed by atoms with Crippen molar-refractivity contribution in [2.24, 2.45) is 5.92 Å². The van der Waals surface area contributed by atoms with Crippen LogP contribution in [0.5, 0.6) is 0 Å². The molecule has 0 aliphatic heterocycles. The molecule has 2 atom stereocenters. The fourth-order valence-electron chi connectivity index (χ4n) is 1.85. The van der Waals surface area contributed by atoms with Crippen molar-refractivity contribution in [1.29, 1.82) is 0 Å². The number of rotatable bonds is 6. The number of benzene rings is 1. The Morgan fingerprint density at radius 3 is 2.23 bits per heavy atom. The molecular weight excluding hydrogens is 310 g/mol. The van der Waals surface area contributed by atoms with Crippen LogP contribution in [0.4, 0.5) is 0 Å². The normalized spacial score (nSPS) is 12.9. The maximum absolute atomic E-state index is 12.2. The lowest BCUT2D eigenvalue weighted by Crippen LogP contribution is -2.46. The fraction of sp³-hybridized carbons (Fsp3) is 0.400. The first-order valence-electron chi connectivity index (χ1n) is 6.60. The maximum atomic E-state index is 12.2. The van der Waals surface area contributed by atoms with E-state index in [1.54, 1.807) is 19.1 Å². The average Bonchev–Trinajstić information content (AvgIpc) is 2.51. The molecule has 0 saturated heterocycles. The second-order valence-corrected chi connectivity index (χ2v) is 5.18. The van der Waals surface area contributed by atoms with E-state index in [2.05, 4.69) is 14.8 Å². The van der Waals surface area contributed by atoms with Gasteiger partial charge in [0.2, 0.25) is 0 Å². The molecule has 6 nitrogen and oxygen atoms in total. The number of carbonyl (C=O) groups is 3. The van der Waals surface area contributed by atoms with Crippen LogP contribution in [0.3, 0.4) is 0 Å². The number of hydrogen-bond donors (Lipinski definition) is 1. The van der Waals surface area contributed by atoms with Gasteiger partial charge in [-0.3, -0.25) is 9.59 Å². The molecule has 0 radical (unpaired) electrons. The minimum atomic E-state index is -0.952. The zero-order valence-corrected chi connectivity index (χ0v) is 13.3.